The van der Waals surface area contributed by atoms with Gasteiger partial charge >= 0.3 is 0 Å². The van der Waals surface area contributed by atoms with Crippen molar-refractivity contribution in [3.63, 3.8) is 0 Å². The largest absolute Gasteiger partial charge is 0.507 e. The van der Waals surface area contributed by atoms with Crippen LogP contribution in [0.2, 0.25) is 0 Å². The average Bonchev–Trinajstić information content (AvgIpc) is 3.10. The van der Waals surface area contributed by atoms with E-state index >= 15 is 0 Å². The quantitative estimate of drug-likeness (QED) is 0.599. The van der Waals surface area contributed by atoms with E-state index in [2.05, 4.69) is 5.32 Å². The van der Waals surface area contributed by atoms with E-state index in [0.717, 1.165) is 35.3 Å². The van der Waals surface area contributed by atoms with Gasteiger partial charge in [0.25, 0.3) is 0 Å². The summed E-state index contributed by atoms with van der Waals surface area (Å²) in [6.07, 6.45) is 6.23. The molecule has 1 aromatic carbocycles. The number of nitrogens with zero attached hydrogens (tertiary/aromatic N) is 1. The number of anilines is 1. The van der Waals surface area contributed by atoms with Gasteiger partial charge < -0.3 is 20.4 Å². The molecule has 5 nitrogen and oxygen atoms in total. The van der Waals surface area contributed by atoms with Gasteiger partial charge in [-0.1, -0.05) is 12.1 Å². The van der Waals surface area contributed by atoms with Crippen molar-refractivity contribution in [2.24, 2.45) is 23.2 Å². The summed E-state index contributed by atoms with van der Waals surface area (Å²) in [5.74, 6) is 2.45. The number of benzene rings is 1. The summed E-state index contributed by atoms with van der Waals surface area (Å²) in [5.41, 5.74) is 1.22. The van der Waals surface area contributed by atoms with Gasteiger partial charge in [-0.3, -0.25) is 4.79 Å². The van der Waals surface area contributed by atoms with Gasteiger partial charge in [0.1, 0.15) is 10.8 Å². The second-order valence-electron chi connectivity index (χ2n) is 10.3. The number of nitrogens with one attached hydrogen (secondary N) is 1. The summed E-state index contributed by atoms with van der Waals surface area (Å²) in [7, 11) is 3.85. The topological polar surface area (TPSA) is 72.8 Å². The van der Waals surface area contributed by atoms with Crippen molar-refractivity contribution in [2.75, 3.05) is 26.0 Å². The molecule has 0 aliphatic heterocycles. The van der Waals surface area contributed by atoms with Crippen LogP contribution in [0.25, 0.3) is 10.4 Å². The molecule has 0 saturated heterocycles. The SMILES string of the molecule is CN(C)CC(O)c1cc(-c2ccccc2O)sc1NC(=O)C12CC3CC(CC(C3)C1)C2. The summed E-state index contributed by atoms with van der Waals surface area (Å²) in [6, 6.07) is 9.14. The lowest BCUT2D eigenvalue weighted by atomic mass is 9.49. The highest BCUT2D eigenvalue weighted by Gasteiger charge is 2.54. The molecule has 4 fully saturated rings. The van der Waals surface area contributed by atoms with Crippen LogP contribution in [-0.4, -0.2) is 41.7 Å². The Morgan fingerprint density at radius 3 is 2.35 bits per heavy atom. The van der Waals surface area contributed by atoms with Crippen LogP contribution in [0.4, 0.5) is 5.00 Å². The number of rotatable bonds is 6. The average molecular weight is 441 g/mol. The van der Waals surface area contributed by atoms with E-state index in [0.29, 0.717) is 29.3 Å². The molecular formula is C25H32N2O3S. The van der Waals surface area contributed by atoms with Gasteiger partial charge in [0.05, 0.1) is 11.5 Å². The molecule has 31 heavy (non-hydrogen) atoms. The molecule has 4 aliphatic rings. The molecule has 1 aromatic heterocycles. The first-order chi connectivity index (χ1) is 14.8. The number of aromatic hydroxyl groups is 1. The number of hydrogen-bond donors (Lipinski definition) is 3. The van der Waals surface area contributed by atoms with E-state index < -0.39 is 6.10 Å². The molecular weight excluding hydrogens is 408 g/mol. The number of carbonyl (C=O) groups excluding carboxylic acids is 1. The molecule has 6 heteroatoms. The fourth-order valence-corrected chi connectivity index (χ4v) is 7.78. The standard InChI is InChI=1S/C25H32N2O3S/c1-27(2)14-21(29)19-10-22(18-5-3-4-6-20(18)28)31-23(19)26-24(30)25-11-15-7-16(12-25)9-17(8-15)13-25/h3-6,10,15-17,21,28-29H,7-9,11-14H2,1-2H3,(H,26,30). The zero-order valence-corrected chi connectivity index (χ0v) is 19.1. The maximum Gasteiger partial charge on any atom is 0.231 e. The van der Waals surface area contributed by atoms with Gasteiger partial charge in [-0.25, -0.2) is 0 Å². The van der Waals surface area contributed by atoms with Crippen LogP contribution in [0.1, 0.15) is 50.2 Å². The smallest absolute Gasteiger partial charge is 0.231 e. The monoisotopic (exact) mass is 440 g/mol. The van der Waals surface area contributed by atoms with Crippen molar-refractivity contribution in [3.8, 4) is 16.2 Å². The molecule has 3 N–H and O–H groups in total. The van der Waals surface area contributed by atoms with Gasteiger partial charge in [-0.15, -0.1) is 11.3 Å². The predicted octanol–water partition coefficient (Wildman–Crippen LogP) is 4.87. The summed E-state index contributed by atoms with van der Waals surface area (Å²) >= 11 is 1.44. The number of phenols is 1. The maximum atomic E-state index is 13.6. The number of carbonyl (C=O) groups is 1. The Kier molecular flexibility index (Phi) is 5.35. The minimum atomic E-state index is -0.711. The van der Waals surface area contributed by atoms with Crippen molar-refractivity contribution in [1.82, 2.24) is 4.90 Å². The molecule has 4 saturated carbocycles. The predicted molar refractivity (Wildman–Crippen MR) is 124 cm³/mol. The minimum absolute atomic E-state index is 0.135. The number of thiophene rings is 1. The first-order valence-electron chi connectivity index (χ1n) is 11.4. The van der Waals surface area contributed by atoms with Crippen LogP contribution in [-0.2, 0) is 4.79 Å². The van der Waals surface area contributed by atoms with E-state index in [4.69, 9.17) is 0 Å². The lowest BCUT2D eigenvalue weighted by Gasteiger charge is -2.55. The number of phenolic OH excluding ortho intramolecular Hbond substituents is 1. The Labute approximate surface area is 188 Å². The first kappa shape index (κ1) is 21.0. The van der Waals surface area contributed by atoms with Crippen LogP contribution in [0.15, 0.2) is 30.3 Å². The van der Waals surface area contributed by atoms with Gasteiger partial charge in [-0.2, -0.15) is 0 Å². The van der Waals surface area contributed by atoms with Crippen molar-refractivity contribution in [1.29, 1.82) is 0 Å². The maximum absolute atomic E-state index is 13.6. The second-order valence-corrected chi connectivity index (χ2v) is 11.4. The van der Waals surface area contributed by atoms with Crippen molar-refractivity contribution < 1.29 is 15.0 Å². The van der Waals surface area contributed by atoms with Crippen molar-refractivity contribution >= 4 is 22.2 Å². The molecule has 0 radical (unpaired) electrons. The lowest BCUT2D eigenvalue weighted by Crippen LogP contribution is -2.51. The Morgan fingerprint density at radius 1 is 1.16 bits per heavy atom. The van der Waals surface area contributed by atoms with Gasteiger partial charge in [0.15, 0.2) is 0 Å². The zero-order valence-electron chi connectivity index (χ0n) is 18.3. The first-order valence-corrected chi connectivity index (χ1v) is 12.2. The molecule has 0 spiro atoms. The molecule has 166 valence electrons. The number of aliphatic hydroxyl groups excluding tert-OH is 1. The third-order valence-corrected chi connectivity index (χ3v) is 8.67. The highest BCUT2D eigenvalue weighted by molar-refractivity contribution is 7.19. The summed E-state index contributed by atoms with van der Waals surface area (Å²) in [5, 5.41) is 25.2. The van der Waals surface area contributed by atoms with Gasteiger partial charge in [0, 0.05) is 22.5 Å². The fourth-order valence-electron chi connectivity index (χ4n) is 6.63. The fraction of sp³-hybridized carbons (Fsp3) is 0.560. The number of hydrogen-bond acceptors (Lipinski definition) is 5. The third-order valence-electron chi connectivity index (χ3n) is 7.57. The number of amides is 1. The van der Waals surface area contributed by atoms with Crippen LogP contribution >= 0.6 is 11.3 Å². The number of para-hydroxylation sites is 1. The summed E-state index contributed by atoms with van der Waals surface area (Å²) in [6.45, 7) is 0.469. The molecule has 1 atom stereocenters. The third kappa shape index (κ3) is 3.90. The van der Waals surface area contributed by atoms with Crippen molar-refractivity contribution in [2.45, 2.75) is 44.6 Å². The Balaban J connectivity index is 1.46. The summed E-state index contributed by atoms with van der Waals surface area (Å²) in [4.78, 5) is 16.4. The molecule has 6 rings (SSSR count). The van der Waals surface area contributed by atoms with E-state index in [-0.39, 0.29) is 17.1 Å². The molecule has 2 aromatic rings. The highest BCUT2D eigenvalue weighted by atomic mass is 32.1. The van der Waals surface area contributed by atoms with Crippen LogP contribution in [0.3, 0.4) is 0 Å². The zero-order chi connectivity index (χ0) is 21.8. The van der Waals surface area contributed by atoms with Gasteiger partial charge in [0.2, 0.25) is 5.91 Å². The van der Waals surface area contributed by atoms with Crippen LogP contribution < -0.4 is 5.32 Å². The van der Waals surface area contributed by atoms with E-state index in [1.807, 2.05) is 37.2 Å². The Morgan fingerprint density at radius 2 is 1.77 bits per heavy atom. The molecule has 4 bridgehead atoms. The normalized spacial score (nSPS) is 30.0. The van der Waals surface area contributed by atoms with Crippen LogP contribution in [0, 0.1) is 23.2 Å². The molecule has 1 heterocycles. The minimum Gasteiger partial charge on any atom is -0.507 e. The summed E-state index contributed by atoms with van der Waals surface area (Å²) < 4.78 is 0. The van der Waals surface area contributed by atoms with Crippen LogP contribution in [0.5, 0.6) is 5.75 Å². The van der Waals surface area contributed by atoms with E-state index in [9.17, 15) is 15.0 Å². The van der Waals surface area contributed by atoms with Crippen molar-refractivity contribution in [3.05, 3.63) is 35.9 Å². The number of aliphatic hydroxyl groups is 1. The van der Waals surface area contributed by atoms with Gasteiger partial charge in [-0.05, 0) is 88.6 Å². The highest BCUT2D eigenvalue weighted by Crippen LogP contribution is 2.60. The molecule has 4 aliphatic carbocycles. The number of likely N-dealkylation sites (N-methyl/N-ethyl adjacent to an activating group) is 1. The van der Waals surface area contributed by atoms with E-state index in [1.165, 1.54) is 30.6 Å². The second kappa shape index (κ2) is 7.91. The lowest BCUT2D eigenvalue weighted by molar-refractivity contribution is -0.140. The molecule has 1 unspecified atom stereocenters. The van der Waals surface area contributed by atoms with E-state index in [1.54, 1.807) is 12.1 Å². The Bertz CT molecular complexity index is 948. The molecule has 1 amide bonds. The Hall–Kier alpha value is -1.89.